The first-order chi connectivity index (χ1) is 9.90. The Hall–Kier alpha value is -1.70. The fourth-order valence-electron chi connectivity index (χ4n) is 2.14. The van der Waals surface area contributed by atoms with Crippen LogP contribution in [0.2, 0.25) is 0 Å². The van der Waals surface area contributed by atoms with Crippen molar-refractivity contribution in [2.24, 2.45) is 5.14 Å². The largest absolute Gasteiger partial charge is 0.361 e. The monoisotopic (exact) mass is 309 g/mol. The molecule has 3 N–H and O–H groups in total. The molecule has 2 rings (SSSR count). The Morgan fingerprint density at radius 3 is 2.71 bits per heavy atom. The molecule has 7 heteroatoms. The van der Waals surface area contributed by atoms with Gasteiger partial charge < -0.3 is 9.84 Å². The molecular weight excluding hydrogens is 290 g/mol. The van der Waals surface area contributed by atoms with Crippen molar-refractivity contribution in [3.05, 3.63) is 47.3 Å². The van der Waals surface area contributed by atoms with E-state index in [1.807, 2.05) is 26.0 Å². The van der Waals surface area contributed by atoms with E-state index in [0.717, 1.165) is 23.4 Å². The Morgan fingerprint density at radius 2 is 2.14 bits per heavy atom. The Morgan fingerprint density at radius 1 is 1.38 bits per heavy atom. The molecule has 1 aromatic carbocycles. The first-order valence-electron chi connectivity index (χ1n) is 6.68. The zero-order valence-corrected chi connectivity index (χ0v) is 12.9. The number of rotatable bonds is 6. The van der Waals surface area contributed by atoms with Crippen LogP contribution in [-0.2, 0) is 16.6 Å². The number of hydrogen-bond donors (Lipinski definition) is 2. The summed E-state index contributed by atoms with van der Waals surface area (Å²) in [4.78, 5) is 0.123. The van der Waals surface area contributed by atoms with Crippen LogP contribution in [0.15, 0.2) is 39.8 Å². The lowest BCUT2D eigenvalue weighted by Gasteiger charge is -2.17. The molecule has 0 aliphatic heterocycles. The van der Waals surface area contributed by atoms with E-state index < -0.39 is 10.0 Å². The minimum absolute atomic E-state index is 0.0173. The molecule has 0 saturated heterocycles. The Balaban J connectivity index is 2.14. The first kappa shape index (κ1) is 15.7. The summed E-state index contributed by atoms with van der Waals surface area (Å²) in [5.41, 5.74) is 1.69. The van der Waals surface area contributed by atoms with Crippen molar-refractivity contribution in [1.82, 2.24) is 10.5 Å². The molecule has 0 amide bonds. The molecule has 6 nitrogen and oxygen atoms in total. The number of aromatic nitrogens is 1. The summed E-state index contributed by atoms with van der Waals surface area (Å²) < 4.78 is 27.8. The van der Waals surface area contributed by atoms with Crippen molar-refractivity contribution in [2.75, 3.05) is 0 Å². The number of hydrogen-bond acceptors (Lipinski definition) is 5. The first-order valence-corrected chi connectivity index (χ1v) is 8.23. The van der Waals surface area contributed by atoms with Gasteiger partial charge in [0, 0.05) is 18.7 Å². The number of sulfonamides is 1. The van der Waals surface area contributed by atoms with Gasteiger partial charge in [0.2, 0.25) is 10.0 Å². The summed E-state index contributed by atoms with van der Waals surface area (Å²) in [5, 5.41) is 12.4. The highest BCUT2D eigenvalue weighted by Gasteiger charge is 2.14. The van der Waals surface area contributed by atoms with Gasteiger partial charge in [-0.2, -0.15) is 0 Å². The standard InChI is InChI=1S/C14H19N3O3S/c1-3-14(16-9-12-7-10(2)20-17-12)11-5-4-6-13(8-11)21(15,18)19/h4-8,14,16H,3,9H2,1-2H3,(H2,15,18,19)/t14-/m1/s1. The molecule has 0 bridgehead atoms. The summed E-state index contributed by atoms with van der Waals surface area (Å²) in [7, 11) is -3.69. The summed E-state index contributed by atoms with van der Waals surface area (Å²) in [6.45, 7) is 4.41. The van der Waals surface area contributed by atoms with Gasteiger partial charge in [0.05, 0.1) is 10.6 Å². The van der Waals surface area contributed by atoms with Crippen LogP contribution in [0.4, 0.5) is 0 Å². The third-order valence-corrected chi connectivity index (χ3v) is 4.11. The van der Waals surface area contributed by atoms with Gasteiger partial charge in [-0.1, -0.05) is 24.2 Å². The van der Waals surface area contributed by atoms with Crippen LogP contribution in [0.1, 0.15) is 36.4 Å². The minimum atomic E-state index is -3.69. The molecular formula is C14H19N3O3S. The van der Waals surface area contributed by atoms with Crippen molar-refractivity contribution < 1.29 is 12.9 Å². The summed E-state index contributed by atoms with van der Waals surface area (Å²) >= 11 is 0. The van der Waals surface area contributed by atoms with Gasteiger partial charge in [-0.05, 0) is 31.0 Å². The predicted molar refractivity (Wildman–Crippen MR) is 78.9 cm³/mol. The molecule has 0 spiro atoms. The smallest absolute Gasteiger partial charge is 0.238 e. The fraction of sp³-hybridized carbons (Fsp3) is 0.357. The van der Waals surface area contributed by atoms with Crippen LogP contribution >= 0.6 is 0 Å². The van der Waals surface area contributed by atoms with Gasteiger partial charge in [0.15, 0.2) is 0 Å². The number of nitrogens with one attached hydrogen (secondary N) is 1. The molecule has 0 aliphatic rings. The van der Waals surface area contributed by atoms with Crippen molar-refractivity contribution in [1.29, 1.82) is 0 Å². The minimum Gasteiger partial charge on any atom is -0.361 e. The highest BCUT2D eigenvalue weighted by Crippen LogP contribution is 2.20. The van der Waals surface area contributed by atoms with Crippen LogP contribution in [-0.4, -0.2) is 13.6 Å². The number of nitrogens with zero attached hydrogens (tertiary/aromatic N) is 1. The van der Waals surface area contributed by atoms with E-state index in [0.29, 0.717) is 6.54 Å². The molecule has 1 aromatic heterocycles. The third-order valence-electron chi connectivity index (χ3n) is 3.20. The van der Waals surface area contributed by atoms with Crippen LogP contribution in [0.3, 0.4) is 0 Å². The van der Waals surface area contributed by atoms with Gasteiger partial charge in [0.25, 0.3) is 0 Å². The zero-order chi connectivity index (χ0) is 15.5. The average Bonchev–Trinajstić information content (AvgIpc) is 2.85. The van der Waals surface area contributed by atoms with Gasteiger partial charge in [-0.15, -0.1) is 0 Å². The van der Waals surface area contributed by atoms with Gasteiger partial charge in [-0.25, -0.2) is 13.6 Å². The molecule has 21 heavy (non-hydrogen) atoms. The molecule has 2 aromatic rings. The predicted octanol–water partition coefficient (Wildman–Crippen LogP) is 1.87. The molecule has 0 unspecified atom stereocenters. The van der Waals surface area contributed by atoms with Crippen LogP contribution in [0, 0.1) is 6.92 Å². The van der Waals surface area contributed by atoms with Gasteiger partial charge >= 0.3 is 0 Å². The van der Waals surface area contributed by atoms with Crippen molar-refractivity contribution in [3.8, 4) is 0 Å². The molecule has 114 valence electrons. The normalized spacial score (nSPS) is 13.3. The summed E-state index contributed by atoms with van der Waals surface area (Å²) in [5.74, 6) is 0.760. The molecule has 0 saturated carbocycles. The molecule has 1 heterocycles. The Kier molecular flexibility index (Phi) is 4.76. The highest BCUT2D eigenvalue weighted by molar-refractivity contribution is 7.89. The Bertz CT molecular complexity index is 710. The zero-order valence-electron chi connectivity index (χ0n) is 12.0. The fourth-order valence-corrected chi connectivity index (χ4v) is 2.70. The average molecular weight is 309 g/mol. The van der Waals surface area contributed by atoms with E-state index in [2.05, 4.69) is 10.5 Å². The molecule has 0 aliphatic carbocycles. The van der Waals surface area contributed by atoms with Crippen molar-refractivity contribution >= 4 is 10.0 Å². The van der Waals surface area contributed by atoms with E-state index in [1.165, 1.54) is 6.07 Å². The number of benzene rings is 1. The maximum absolute atomic E-state index is 11.4. The number of primary sulfonamides is 1. The van der Waals surface area contributed by atoms with Crippen LogP contribution in [0.5, 0.6) is 0 Å². The summed E-state index contributed by atoms with van der Waals surface area (Å²) in [6.07, 6.45) is 0.810. The topological polar surface area (TPSA) is 98.2 Å². The van der Waals surface area contributed by atoms with Crippen LogP contribution < -0.4 is 10.5 Å². The van der Waals surface area contributed by atoms with E-state index in [9.17, 15) is 8.42 Å². The third kappa shape index (κ3) is 4.13. The van der Waals surface area contributed by atoms with E-state index in [4.69, 9.17) is 9.66 Å². The number of aryl methyl sites for hydroxylation is 1. The lowest BCUT2D eigenvalue weighted by molar-refractivity contribution is 0.385. The summed E-state index contributed by atoms with van der Waals surface area (Å²) in [6, 6.07) is 8.55. The van der Waals surface area contributed by atoms with Gasteiger partial charge in [0.1, 0.15) is 5.76 Å². The highest BCUT2D eigenvalue weighted by atomic mass is 32.2. The van der Waals surface area contributed by atoms with E-state index in [1.54, 1.807) is 12.1 Å². The lowest BCUT2D eigenvalue weighted by Crippen LogP contribution is -2.21. The second-order valence-electron chi connectivity index (χ2n) is 4.89. The van der Waals surface area contributed by atoms with Crippen molar-refractivity contribution in [3.63, 3.8) is 0 Å². The van der Waals surface area contributed by atoms with Crippen LogP contribution in [0.25, 0.3) is 0 Å². The maximum Gasteiger partial charge on any atom is 0.238 e. The quantitative estimate of drug-likeness (QED) is 0.849. The second kappa shape index (κ2) is 6.38. The lowest BCUT2D eigenvalue weighted by atomic mass is 10.0. The molecule has 0 radical (unpaired) electrons. The SMILES string of the molecule is CC[C@@H](NCc1cc(C)on1)c1cccc(S(N)(=O)=O)c1. The van der Waals surface area contributed by atoms with Crippen molar-refractivity contribution in [2.45, 2.75) is 37.8 Å². The second-order valence-corrected chi connectivity index (χ2v) is 6.45. The molecule has 1 atom stereocenters. The molecule has 0 fully saturated rings. The Labute approximate surface area is 124 Å². The van der Waals surface area contributed by atoms with Gasteiger partial charge in [-0.3, -0.25) is 0 Å². The van der Waals surface area contributed by atoms with E-state index in [-0.39, 0.29) is 10.9 Å². The maximum atomic E-state index is 11.4. The number of nitrogens with two attached hydrogens (primary N) is 1. The van der Waals surface area contributed by atoms with E-state index >= 15 is 0 Å².